The van der Waals surface area contributed by atoms with Crippen LogP contribution >= 0.6 is 0 Å². The Kier molecular flexibility index (Phi) is 5.72. The summed E-state index contributed by atoms with van der Waals surface area (Å²) in [5.74, 6) is -1.81. The van der Waals surface area contributed by atoms with Crippen molar-refractivity contribution in [2.24, 2.45) is 0 Å². The third kappa shape index (κ3) is 3.48. The summed E-state index contributed by atoms with van der Waals surface area (Å²) in [6, 6.07) is 4.98. The summed E-state index contributed by atoms with van der Waals surface area (Å²) in [5, 5.41) is 10.1. The van der Waals surface area contributed by atoms with E-state index in [1.54, 1.807) is 12.1 Å². The number of ketones is 1. The number of Topliss-reactive ketones (excluding diaryl/α,β-unsaturated/α-hetero) is 1. The topological polar surface area (TPSA) is 60.9 Å². The fourth-order valence-corrected chi connectivity index (χ4v) is 3.02. The Morgan fingerprint density at radius 1 is 1.25 bits per heavy atom. The van der Waals surface area contributed by atoms with Crippen LogP contribution < -0.4 is 0 Å². The van der Waals surface area contributed by atoms with Gasteiger partial charge in [-0.05, 0) is 37.7 Å². The van der Waals surface area contributed by atoms with Gasteiger partial charge in [-0.25, -0.2) is 4.39 Å². The predicted molar refractivity (Wildman–Crippen MR) is 89.0 cm³/mol. The number of carbonyl (C=O) groups excluding carboxylic acids is 2. The number of aliphatic hydroxyl groups is 1. The Morgan fingerprint density at radius 3 is 2.33 bits per heavy atom. The van der Waals surface area contributed by atoms with Crippen LogP contribution in [0.5, 0.6) is 0 Å². The first kappa shape index (κ1) is 18.1. The minimum absolute atomic E-state index is 0.0751. The molecule has 1 amide bonds. The highest BCUT2D eigenvalue weighted by Crippen LogP contribution is 2.37. The number of hydrogen-bond donors (Lipinski definition) is 1. The van der Waals surface area contributed by atoms with E-state index in [1.165, 1.54) is 24.0 Å². The lowest BCUT2D eigenvalue weighted by atomic mass is 9.97. The molecule has 1 aliphatic heterocycles. The van der Waals surface area contributed by atoms with Crippen LogP contribution in [0.1, 0.15) is 32.4 Å². The van der Waals surface area contributed by atoms with Crippen LogP contribution in [0.3, 0.4) is 0 Å². The zero-order chi connectivity index (χ0) is 17.9. The molecule has 0 radical (unpaired) electrons. The molecule has 0 spiro atoms. The second-order valence-corrected chi connectivity index (χ2v) is 5.80. The number of hydrogen-bond acceptors (Lipinski definition) is 4. The zero-order valence-corrected chi connectivity index (χ0v) is 14.3. The first-order valence-electron chi connectivity index (χ1n) is 8.13. The lowest BCUT2D eigenvalue weighted by Crippen LogP contribution is -2.38. The Labute approximate surface area is 141 Å². The number of rotatable bonds is 7. The van der Waals surface area contributed by atoms with Crippen LogP contribution in [0.2, 0.25) is 0 Å². The van der Waals surface area contributed by atoms with Gasteiger partial charge in [0.05, 0.1) is 11.6 Å². The van der Waals surface area contributed by atoms with E-state index in [-0.39, 0.29) is 11.4 Å². The first-order valence-corrected chi connectivity index (χ1v) is 8.13. The zero-order valence-electron chi connectivity index (χ0n) is 14.3. The number of likely N-dealkylation sites (N-methyl/N-ethyl adjacent to an activating group) is 1. The van der Waals surface area contributed by atoms with Gasteiger partial charge in [-0.15, -0.1) is 0 Å². The Bertz CT molecular complexity index is 651. The molecule has 1 aliphatic rings. The summed E-state index contributed by atoms with van der Waals surface area (Å²) >= 11 is 0. The van der Waals surface area contributed by atoms with Gasteiger partial charge < -0.3 is 14.9 Å². The lowest BCUT2D eigenvalue weighted by molar-refractivity contribution is -0.129. The van der Waals surface area contributed by atoms with Gasteiger partial charge in [0.2, 0.25) is 0 Å². The van der Waals surface area contributed by atoms with Crippen LogP contribution in [0, 0.1) is 5.82 Å². The molecule has 6 heteroatoms. The summed E-state index contributed by atoms with van der Waals surface area (Å²) in [6.45, 7) is 8.09. The molecular weight excluding hydrogens is 311 g/mol. The highest BCUT2D eigenvalue weighted by molar-refractivity contribution is 6.08. The van der Waals surface area contributed by atoms with E-state index in [9.17, 15) is 19.1 Å². The Balaban J connectivity index is 2.36. The van der Waals surface area contributed by atoms with Crippen molar-refractivity contribution in [3.8, 4) is 0 Å². The molecule has 0 aliphatic carbocycles. The lowest BCUT2D eigenvalue weighted by Gasteiger charge is -2.29. The van der Waals surface area contributed by atoms with Crippen molar-refractivity contribution in [3.05, 3.63) is 47.0 Å². The fourth-order valence-electron chi connectivity index (χ4n) is 3.02. The number of carbonyl (C=O) groups is 2. The monoisotopic (exact) mass is 334 g/mol. The second-order valence-electron chi connectivity index (χ2n) is 5.80. The summed E-state index contributed by atoms with van der Waals surface area (Å²) in [7, 11) is 0. The van der Waals surface area contributed by atoms with Gasteiger partial charge in [0.1, 0.15) is 5.82 Å². The van der Waals surface area contributed by atoms with E-state index in [0.29, 0.717) is 18.7 Å². The molecule has 1 heterocycles. The van der Waals surface area contributed by atoms with Crippen LogP contribution in [0.4, 0.5) is 4.39 Å². The normalized spacial score (nSPS) is 18.0. The first-order chi connectivity index (χ1) is 11.4. The maximum Gasteiger partial charge on any atom is 0.290 e. The van der Waals surface area contributed by atoms with E-state index < -0.39 is 23.5 Å². The van der Waals surface area contributed by atoms with Crippen molar-refractivity contribution in [1.82, 2.24) is 9.80 Å². The quantitative estimate of drug-likeness (QED) is 0.832. The van der Waals surface area contributed by atoms with E-state index in [2.05, 4.69) is 4.90 Å². The minimum atomic E-state index is -0.675. The SMILES string of the molecule is CCN(CC)CCN1C(=O)C(O)=C(C(C)=O)C1c1ccc(F)cc1. The van der Waals surface area contributed by atoms with Gasteiger partial charge in [-0.1, -0.05) is 26.0 Å². The molecule has 24 heavy (non-hydrogen) atoms. The molecule has 0 saturated heterocycles. The van der Waals surface area contributed by atoms with E-state index >= 15 is 0 Å². The number of aliphatic hydroxyl groups excluding tert-OH is 1. The number of benzene rings is 1. The summed E-state index contributed by atoms with van der Waals surface area (Å²) in [4.78, 5) is 28.0. The van der Waals surface area contributed by atoms with Crippen molar-refractivity contribution in [2.45, 2.75) is 26.8 Å². The van der Waals surface area contributed by atoms with E-state index in [4.69, 9.17) is 0 Å². The number of amides is 1. The molecule has 0 bridgehead atoms. The second kappa shape index (κ2) is 7.57. The van der Waals surface area contributed by atoms with Crippen molar-refractivity contribution < 1.29 is 19.1 Å². The molecule has 1 N–H and O–H groups in total. The van der Waals surface area contributed by atoms with Crippen molar-refractivity contribution in [3.63, 3.8) is 0 Å². The van der Waals surface area contributed by atoms with Crippen molar-refractivity contribution in [2.75, 3.05) is 26.2 Å². The van der Waals surface area contributed by atoms with Gasteiger partial charge in [-0.3, -0.25) is 9.59 Å². The van der Waals surface area contributed by atoms with E-state index in [0.717, 1.165) is 13.1 Å². The molecule has 1 unspecified atom stereocenters. The summed E-state index contributed by atoms with van der Waals surface area (Å²) in [6.07, 6.45) is 0. The predicted octanol–water partition coefficient (Wildman–Crippen LogP) is 2.45. The molecule has 0 aromatic heterocycles. The van der Waals surface area contributed by atoms with Crippen LogP contribution in [0.15, 0.2) is 35.6 Å². The highest BCUT2D eigenvalue weighted by Gasteiger charge is 2.42. The van der Waals surface area contributed by atoms with Crippen LogP contribution in [-0.4, -0.2) is 52.8 Å². The van der Waals surface area contributed by atoms with Crippen molar-refractivity contribution in [1.29, 1.82) is 0 Å². The largest absolute Gasteiger partial charge is 0.503 e. The molecule has 1 atom stereocenters. The van der Waals surface area contributed by atoms with Gasteiger partial charge in [0.15, 0.2) is 11.5 Å². The Hall–Kier alpha value is -2.21. The smallest absolute Gasteiger partial charge is 0.290 e. The molecule has 0 fully saturated rings. The molecular formula is C18H23FN2O3. The van der Waals surface area contributed by atoms with Gasteiger partial charge in [0.25, 0.3) is 5.91 Å². The summed E-state index contributed by atoms with van der Waals surface area (Å²) < 4.78 is 13.2. The molecule has 130 valence electrons. The third-order valence-electron chi connectivity index (χ3n) is 4.42. The number of nitrogens with zero attached hydrogens (tertiary/aromatic N) is 2. The maximum absolute atomic E-state index is 13.2. The molecule has 1 aromatic carbocycles. The highest BCUT2D eigenvalue weighted by atomic mass is 19.1. The number of halogens is 1. The molecule has 1 aromatic rings. The average Bonchev–Trinajstić information content (AvgIpc) is 2.81. The molecule has 2 rings (SSSR count). The van der Waals surface area contributed by atoms with Crippen LogP contribution in [0.25, 0.3) is 0 Å². The third-order valence-corrected chi connectivity index (χ3v) is 4.42. The molecule has 5 nitrogen and oxygen atoms in total. The fraction of sp³-hybridized carbons (Fsp3) is 0.444. The summed E-state index contributed by atoms with van der Waals surface area (Å²) in [5.41, 5.74) is 0.685. The Morgan fingerprint density at radius 2 is 1.83 bits per heavy atom. The molecule has 0 saturated carbocycles. The average molecular weight is 334 g/mol. The van der Waals surface area contributed by atoms with Gasteiger partial charge in [-0.2, -0.15) is 0 Å². The van der Waals surface area contributed by atoms with Crippen molar-refractivity contribution >= 4 is 11.7 Å². The maximum atomic E-state index is 13.2. The van der Waals surface area contributed by atoms with Gasteiger partial charge >= 0.3 is 0 Å². The van der Waals surface area contributed by atoms with Crippen LogP contribution in [-0.2, 0) is 9.59 Å². The van der Waals surface area contributed by atoms with E-state index in [1.807, 2.05) is 13.8 Å². The minimum Gasteiger partial charge on any atom is -0.503 e. The standard InChI is InChI=1S/C18H23FN2O3/c1-4-20(5-2)10-11-21-16(13-6-8-14(19)9-7-13)15(12(3)22)17(23)18(21)24/h6-9,16,23H,4-5,10-11H2,1-3H3. The van der Waals surface area contributed by atoms with Gasteiger partial charge in [0, 0.05) is 13.1 Å².